The number of aliphatic hydroxyl groups is 1. The van der Waals surface area contributed by atoms with Crippen molar-refractivity contribution in [1.82, 2.24) is 10.2 Å². The molecule has 0 bridgehead atoms. The molecule has 3 nitrogen and oxygen atoms in total. The molecule has 2 fully saturated rings. The number of hydrogen-bond donors (Lipinski definition) is 2. The van der Waals surface area contributed by atoms with Crippen LogP contribution < -0.4 is 5.32 Å². The SMILES string of the molecule is CC1CCCCC1N(C)CCC(CO)NC1CC1. The standard InChI is InChI=1S/C15H30N2O/c1-12-5-3-4-6-15(12)17(2)10-9-14(11-18)16-13-7-8-13/h12-16,18H,3-11H2,1-2H3. The molecule has 2 rings (SSSR count). The van der Waals surface area contributed by atoms with Gasteiger partial charge >= 0.3 is 0 Å². The van der Waals surface area contributed by atoms with Crippen LogP contribution in [0.5, 0.6) is 0 Å². The molecule has 0 aliphatic heterocycles. The van der Waals surface area contributed by atoms with Crippen molar-refractivity contribution < 1.29 is 5.11 Å². The third kappa shape index (κ3) is 4.22. The van der Waals surface area contributed by atoms with Gasteiger partial charge in [-0.1, -0.05) is 19.8 Å². The van der Waals surface area contributed by atoms with Crippen LogP contribution in [0.3, 0.4) is 0 Å². The number of rotatable bonds is 7. The summed E-state index contributed by atoms with van der Waals surface area (Å²) in [6.45, 7) is 3.79. The Labute approximate surface area is 112 Å². The average molecular weight is 254 g/mol. The van der Waals surface area contributed by atoms with Crippen LogP contribution in [0.4, 0.5) is 0 Å². The highest BCUT2D eigenvalue weighted by Crippen LogP contribution is 2.27. The van der Waals surface area contributed by atoms with Crippen molar-refractivity contribution in [3.8, 4) is 0 Å². The normalized spacial score (nSPS) is 30.7. The summed E-state index contributed by atoms with van der Waals surface area (Å²) in [6, 6.07) is 1.76. The summed E-state index contributed by atoms with van der Waals surface area (Å²) in [5.41, 5.74) is 0. The number of nitrogens with zero attached hydrogens (tertiary/aromatic N) is 1. The monoisotopic (exact) mass is 254 g/mol. The van der Waals surface area contributed by atoms with E-state index in [0.717, 1.165) is 24.9 Å². The minimum absolute atomic E-state index is 0.282. The van der Waals surface area contributed by atoms with E-state index in [0.29, 0.717) is 12.1 Å². The van der Waals surface area contributed by atoms with Gasteiger partial charge in [0.25, 0.3) is 0 Å². The second-order valence-corrected chi connectivity index (χ2v) is 6.42. The lowest BCUT2D eigenvalue weighted by Crippen LogP contribution is -2.42. The highest BCUT2D eigenvalue weighted by Gasteiger charge is 2.27. The second kappa shape index (κ2) is 6.88. The largest absolute Gasteiger partial charge is 0.395 e. The van der Waals surface area contributed by atoms with Gasteiger partial charge in [0.1, 0.15) is 0 Å². The van der Waals surface area contributed by atoms with Gasteiger partial charge in [-0.25, -0.2) is 0 Å². The summed E-state index contributed by atoms with van der Waals surface area (Å²) < 4.78 is 0. The molecule has 0 aromatic rings. The zero-order chi connectivity index (χ0) is 13.0. The lowest BCUT2D eigenvalue weighted by Gasteiger charge is -2.37. The van der Waals surface area contributed by atoms with Crippen LogP contribution in [-0.4, -0.2) is 48.3 Å². The van der Waals surface area contributed by atoms with Gasteiger partial charge in [-0.15, -0.1) is 0 Å². The van der Waals surface area contributed by atoms with Gasteiger partial charge in [-0.2, -0.15) is 0 Å². The molecule has 3 unspecified atom stereocenters. The molecule has 3 heteroatoms. The summed E-state index contributed by atoms with van der Waals surface area (Å²) in [7, 11) is 2.26. The Morgan fingerprint density at radius 2 is 1.94 bits per heavy atom. The zero-order valence-electron chi connectivity index (χ0n) is 12.1. The van der Waals surface area contributed by atoms with E-state index in [-0.39, 0.29) is 6.61 Å². The number of hydrogen-bond acceptors (Lipinski definition) is 3. The van der Waals surface area contributed by atoms with Crippen molar-refractivity contribution in [2.75, 3.05) is 20.2 Å². The Bertz CT molecular complexity index is 243. The van der Waals surface area contributed by atoms with Gasteiger partial charge in [0.05, 0.1) is 6.61 Å². The van der Waals surface area contributed by atoms with E-state index in [1.54, 1.807) is 0 Å². The molecule has 2 N–H and O–H groups in total. The molecule has 0 saturated heterocycles. The highest BCUT2D eigenvalue weighted by molar-refractivity contribution is 4.86. The van der Waals surface area contributed by atoms with Gasteiger partial charge in [-0.05, 0) is 51.6 Å². The van der Waals surface area contributed by atoms with Gasteiger partial charge in [-0.3, -0.25) is 0 Å². The summed E-state index contributed by atoms with van der Waals surface area (Å²) in [6.07, 6.45) is 9.22. The second-order valence-electron chi connectivity index (χ2n) is 6.42. The minimum Gasteiger partial charge on any atom is -0.395 e. The molecule has 0 amide bonds. The summed E-state index contributed by atoms with van der Waals surface area (Å²) in [5, 5.41) is 12.9. The van der Waals surface area contributed by atoms with E-state index in [1.807, 2.05) is 0 Å². The van der Waals surface area contributed by atoms with E-state index < -0.39 is 0 Å². The molecule has 18 heavy (non-hydrogen) atoms. The molecule has 106 valence electrons. The maximum absolute atomic E-state index is 9.40. The Kier molecular flexibility index (Phi) is 5.46. The quantitative estimate of drug-likeness (QED) is 0.729. The Balaban J connectivity index is 1.69. The minimum atomic E-state index is 0.282. The van der Waals surface area contributed by atoms with E-state index in [1.165, 1.54) is 38.5 Å². The van der Waals surface area contributed by atoms with Crippen LogP contribution in [0.2, 0.25) is 0 Å². The molecular weight excluding hydrogens is 224 g/mol. The summed E-state index contributed by atoms with van der Waals surface area (Å²) >= 11 is 0. The third-order valence-electron chi connectivity index (χ3n) is 4.73. The van der Waals surface area contributed by atoms with Crippen molar-refractivity contribution in [3.63, 3.8) is 0 Å². The number of aliphatic hydroxyl groups excluding tert-OH is 1. The first-order valence-corrected chi connectivity index (χ1v) is 7.78. The lowest BCUT2D eigenvalue weighted by atomic mass is 9.85. The fraction of sp³-hybridized carbons (Fsp3) is 1.00. The van der Waals surface area contributed by atoms with E-state index >= 15 is 0 Å². The van der Waals surface area contributed by atoms with Gasteiger partial charge in [0, 0.05) is 18.1 Å². The third-order valence-corrected chi connectivity index (χ3v) is 4.73. The van der Waals surface area contributed by atoms with Crippen molar-refractivity contribution in [3.05, 3.63) is 0 Å². The molecule has 0 aromatic heterocycles. The molecule has 0 aromatic carbocycles. The molecule has 0 radical (unpaired) electrons. The van der Waals surface area contributed by atoms with Crippen LogP contribution in [0.25, 0.3) is 0 Å². The first kappa shape index (κ1) is 14.3. The fourth-order valence-corrected chi connectivity index (χ4v) is 3.29. The van der Waals surface area contributed by atoms with E-state index in [2.05, 4.69) is 24.2 Å². The molecule has 2 aliphatic carbocycles. The molecule has 0 spiro atoms. The predicted octanol–water partition coefficient (Wildman–Crippen LogP) is 2.00. The predicted molar refractivity (Wildman–Crippen MR) is 75.7 cm³/mol. The molecule has 0 heterocycles. The molecule has 3 atom stereocenters. The van der Waals surface area contributed by atoms with Crippen molar-refractivity contribution in [2.24, 2.45) is 5.92 Å². The molecular formula is C15H30N2O. The van der Waals surface area contributed by atoms with E-state index in [9.17, 15) is 5.11 Å². The van der Waals surface area contributed by atoms with Gasteiger partial charge in [0.15, 0.2) is 0 Å². The Hall–Kier alpha value is -0.120. The van der Waals surface area contributed by atoms with Crippen LogP contribution in [0.15, 0.2) is 0 Å². The van der Waals surface area contributed by atoms with E-state index in [4.69, 9.17) is 0 Å². The van der Waals surface area contributed by atoms with Crippen LogP contribution in [0, 0.1) is 5.92 Å². The number of nitrogens with one attached hydrogen (secondary N) is 1. The topological polar surface area (TPSA) is 35.5 Å². The first-order chi connectivity index (χ1) is 8.70. The zero-order valence-corrected chi connectivity index (χ0v) is 12.1. The Morgan fingerprint density at radius 3 is 2.56 bits per heavy atom. The lowest BCUT2D eigenvalue weighted by molar-refractivity contribution is 0.128. The molecule has 2 aliphatic rings. The van der Waals surface area contributed by atoms with Crippen LogP contribution in [-0.2, 0) is 0 Å². The summed E-state index contributed by atoms with van der Waals surface area (Å²) in [4.78, 5) is 2.53. The van der Waals surface area contributed by atoms with Gasteiger partial charge in [0.2, 0.25) is 0 Å². The molecule has 2 saturated carbocycles. The Morgan fingerprint density at radius 1 is 1.22 bits per heavy atom. The van der Waals surface area contributed by atoms with Crippen molar-refractivity contribution >= 4 is 0 Å². The summed E-state index contributed by atoms with van der Waals surface area (Å²) in [5.74, 6) is 0.840. The maximum atomic E-state index is 9.40. The smallest absolute Gasteiger partial charge is 0.0585 e. The average Bonchev–Trinajstić information content (AvgIpc) is 3.18. The maximum Gasteiger partial charge on any atom is 0.0585 e. The van der Waals surface area contributed by atoms with Crippen molar-refractivity contribution in [2.45, 2.75) is 70.0 Å². The van der Waals surface area contributed by atoms with Crippen LogP contribution >= 0.6 is 0 Å². The first-order valence-electron chi connectivity index (χ1n) is 7.78. The highest BCUT2D eigenvalue weighted by atomic mass is 16.3. The van der Waals surface area contributed by atoms with Crippen LogP contribution in [0.1, 0.15) is 51.9 Å². The van der Waals surface area contributed by atoms with Crippen molar-refractivity contribution in [1.29, 1.82) is 0 Å². The van der Waals surface area contributed by atoms with Gasteiger partial charge < -0.3 is 15.3 Å². The fourth-order valence-electron chi connectivity index (χ4n) is 3.29.